The molecule has 1 heterocycles. The maximum atomic E-state index is 4.55. The van der Waals surface area contributed by atoms with Gasteiger partial charge in [0.05, 0.1) is 0 Å². The monoisotopic (exact) mass is 137 g/mol. The molecule has 0 aliphatic carbocycles. The Hall–Kier alpha value is -0.720. The van der Waals surface area contributed by atoms with E-state index < -0.39 is 0 Å². The third-order valence-electron chi connectivity index (χ3n) is 0.425. The second-order valence-electron chi connectivity index (χ2n) is 0.833. The lowest BCUT2D eigenvalue weighted by atomic mass is 11.3. The minimum absolute atomic E-state index is 0. The molecule has 0 aliphatic rings. The van der Waals surface area contributed by atoms with Crippen LogP contribution in [-0.4, -0.2) is 26.1 Å². The number of aromatic nitrogens is 3. The third-order valence-corrected chi connectivity index (χ3v) is 0.633. The van der Waals surface area contributed by atoms with E-state index in [1.54, 1.807) is 0 Å². The topological polar surface area (TPSA) is 107 Å². The molecule has 0 atom stereocenters. The van der Waals surface area contributed by atoms with Gasteiger partial charge in [-0.3, -0.25) is 10.2 Å². The fraction of sp³-hybridized carbons (Fsp3) is 0. The quantitative estimate of drug-likeness (QED) is 0.439. The van der Waals surface area contributed by atoms with Crippen molar-refractivity contribution in [2.45, 2.75) is 0 Å². The second kappa shape index (κ2) is 4.44. The van der Waals surface area contributed by atoms with E-state index >= 15 is 0 Å². The van der Waals surface area contributed by atoms with Crippen LogP contribution in [0, 0.1) is 4.77 Å². The lowest BCUT2D eigenvalue weighted by molar-refractivity contribution is 0.823. The van der Waals surface area contributed by atoms with Crippen LogP contribution < -0.4 is 0 Å². The Kier molecular flexibility index (Phi) is 5.71. The first-order chi connectivity index (χ1) is 2.89. The minimum atomic E-state index is 0. The fourth-order valence-electron chi connectivity index (χ4n) is 0.217. The molecule has 6 N–H and O–H groups in total. The molecule has 0 fully saturated rings. The SMILES string of the molecule is O.O.S=c1nc[nH][nH]1. The first-order valence-corrected chi connectivity index (χ1v) is 1.88. The summed E-state index contributed by atoms with van der Waals surface area (Å²) in [6.07, 6.45) is 1.50. The first-order valence-electron chi connectivity index (χ1n) is 1.47. The van der Waals surface area contributed by atoms with Crippen molar-refractivity contribution in [2.75, 3.05) is 0 Å². The number of nitrogens with zero attached hydrogens (tertiary/aromatic N) is 1. The lowest BCUT2D eigenvalue weighted by Crippen LogP contribution is -1.59. The first kappa shape index (κ1) is 10.3. The van der Waals surface area contributed by atoms with Gasteiger partial charge in [0.15, 0.2) is 0 Å². The summed E-state index contributed by atoms with van der Waals surface area (Å²) in [5, 5.41) is 5.17. The zero-order valence-electron chi connectivity index (χ0n) is 3.93. The Bertz CT molecular complexity index is 153. The summed E-state index contributed by atoms with van der Waals surface area (Å²) in [4.78, 5) is 3.62. The summed E-state index contributed by atoms with van der Waals surface area (Å²) in [5.74, 6) is 0. The molecule has 1 aromatic heterocycles. The van der Waals surface area contributed by atoms with E-state index in [2.05, 4.69) is 27.4 Å². The summed E-state index contributed by atoms with van der Waals surface area (Å²) < 4.78 is 0.495. The molecule has 1 rings (SSSR count). The lowest BCUT2D eigenvalue weighted by Gasteiger charge is -1.54. The van der Waals surface area contributed by atoms with Gasteiger partial charge < -0.3 is 11.0 Å². The Morgan fingerprint density at radius 2 is 2.12 bits per heavy atom. The Morgan fingerprint density at radius 1 is 1.50 bits per heavy atom. The van der Waals surface area contributed by atoms with Gasteiger partial charge in [0.1, 0.15) is 6.33 Å². The fourth-order valence-corrected chi connectivity index (χ4v) is 0.329. The van der Waals surface area contributed by atoms with Crippen LogP contribution in [0.3, 0.4) is 0 Å². The normalized spacial score (nSPS) is 6.50. The third kappa shape index (κ3) is 2.45. The van der Waals surface area contributed by atoms with Gasteiger partial charge in [-0.25, -0.2) is 4.98 Å². The molecule has 5 nitrogen and oxygen atoms in total. The Labute approximate surface area is 50.4 Å². The van der Waals surface area contributed by atoms with Crippen molar-refractivity contribution in [1.82, 2.24) is 15.2 Å². The van der Waals surface area contributed by atoms with Crippen molar-refractivity contribution in [3.8, 4) is 0 Å². The second-order valence-corrected chi connectivity index (χ2v) is 1.22. The van der Waals surface area contributed by atoms with E-state index in [9.17, 15) is 0 Å². The van der Waals surface area contributed by atoms with Crippen LogP contribution in [0.5, 0.6) is 0 Å². The van der Waals surface area contributed by atoms with E-state index in [1.807, 2.05) is 0 Å². The Morgan fingerprint density at radius 3 is 2.25 bits per heavy atom. The van der Waals surface area contributed by atoms with Crippen LogP contribution in [0.4, 0.5) is 0 Å². The minimum Gasteiger partial charge on any atom is -0.412 e. The molecule has 0 radical (unpaired) electrons. The summed E-state index contributed by atoms with van der Waals surface area (Å²) in [6, 6.07) is 0. The van der Waals surface area contributed by atoms with Crippen LogP contribution in [0.2, 0.25) is 0 Å². The van der Waals surface area contributed by atoms with E-state index in [0.717, 1.165) is 0 Å². The van der Waals surface area contributed by atoms with E-state index in [-0.39, 0.29) is 11.0 Å². The molecule has 0 saturated carbocycles. The molecule has 48 valence electrons. The molecule has 0 saturated heterocycles. The highest BCUT2D eigenvalue weighted by molar-refractivity contribution is 7.71. The highest BCUT2D eigenvalue weighted by Gasteiger charge is 1.66. The van der Waals surface area contributed by atoms with Crippen LogP contribution in [-0.2, 0) is 0 Å². The maximum absolute atomic E-state index is 4.55. The average molecular weight is 137 g/mol. The van der Waals surface area contributed by atoms with Gasteiger partial charge in [0, 0.05) is 0 Å². The van der Waals surface area contributed by atoms with Gasteiger partial charge >= 0.3 is 0 Å². The molecule has 1 aromatic rings. The molecular weight excluding hydrogens is 130 g/mol. The molecule has 0 unspecified atom stereocenters. The van der Waals surface area contributed by atoms with Gasteiger partial charge in [-0.1, -0.05) is 0 Å². The zero-order chi connectivity index (χ0) is 4.41. The summed E-state index contributed by atoms with van der Waals surface area (Å²) >= 11 is 4.55. The van der Waals surface area contributed by atoms with Crippen molar-refractivity contribution in [3.63, 3.8) is 0 Å². The molecular formula is C2H7N3O2S. The van der Waals surface area contributed by atoms with Gasteiger partial charge in [-0.2, -0.15) is 0 Å². The Balaban J connectivity index is 0. The van der Waals surface area contributed by atoms with Crippen LogP contribution in [0.25, 0.3) is 0 Å². The summed E-state index contributed by atoms with van der Waals surface area (Å²) in [7, 11) is 0. The number of aromatic amines is 2. The number of H-pyrrole nitrogens is 2. The van der Waals surface area contributed by atoms with Crippen molar-refractivity contribution >= 4 is 12.2 Å². The standard InChI is InChI=1S/C2H3N3S.2H2O/c6-2-3-1-4-5-2;;/h1H,(H2,3,4,5,6);2*1H2. The largest absolute Gasteiger partial charge is 0.412 e. The molecule has 0 bridgehead atoms. The molecule has 0 amide bonds. The summed E-state index contributed by atoms with van der Waals surface area (Å²) in [5.41, 5.74) is 0. The number of nitrogens with one attached hydrogen (secondary N) is 2. The average Bonchev–Trinajstić information content (AvgIpc) is 1.86. The van der Waals surface area contributed by atoms with Crippen LogP contribution in [0.1, 0.15) is 0 Å². The molecule has 6 heteroatoms. The predicted molar refractivity (Wildman–Crippen MR) is 31.0 cm³/mol. The predicted octanol–water partition coefficient (Wildman–Crippen LogP) is -1.18. The van der Waals surface area contributed by atoms with Gasteiger partial charge in [0.2, 0.25) is 4.77 Å². The van der Waals surface area contributed by atoms with Crippen molar-refractivity contribution < 1.29 is 11.0 Å². The number of hydrogen-bond donors (Lipinski definition) is 2. The number of hydrogen-bond acceptors (Lipinski definition) is 2. The number of rotatable bonds is 0. The van der Waals surface area contributed by atoms with Gasteiger partial charge in [0.25, 0.3) is 0 Å². The molecule has 0 aliphatic heterocycles. The van der Waals surface area contributed by atoms with E-state index in [4.69, 9.17) is 0 Å². The van der Waals surface area contributed by atoms with Crippen molar-refractivity contribution in [1.29, 1.82) is 0 Å². The van der Waals surface area contributed by atoms with E-state index in [0.29, 0.717) is 4.77 Å². The zero-order valence-corrected chi connectivity index (χ0v) is 4.75. The van der Waals surface area contributed by atoms with Crippen LogP contribution in [0.15, 0.2) is 6.33 Å². The van der Waals surface area contributed by atoms with Crippen LogP contribution >= 0.6 is 12.2 Å². The van der Waals surface area contributed by atoms with Gasteiger partial charge in [-0.05, 0) is 12.2 Å². The highest BCUT2D eigenvalue weighted by atomic mass is 32.1. The maximum Gasteiger partial charge on any atom is 0.213 e. The molecule has 8 heavy (non-hydrogen) atoms. The van der Waals surface area contributed by atoms with Crippen molar-refractivity contribution in [3.05, 3.63) is 11.1 Å². The molecule has 0 aromatic carbocycles. The summed E-state index contributed by atoms with van der Waals surface area (Å²) in [6.45, 7) is 0. The highest BCUT2D eigenvalue weighted by Crippen LogP contribution is 1.66. The van der Waals surface area contributed by atoms with E-state index in [1.165, 1.54) is 6.33 Å². The molecule has 0 spiro atoms. The smallest absolute Gasteiger partial charge is 0.213 e. The van der Waals surface area contributed by atoms with Gasteiger partial charge in [-0.15, -0.1) is 0 Å². The van der Waals surface area contributed by atoms with Crippen molar-refractivity contribution in [2.24, 2.45) is 0 Å².